The Morgan fingerprint density at radius 2 is 1.73 bits per heavy atom. The van der Waals surface area contributed by atoms with E-state index in [1.807, 2.05) is 7.11 Å². The molecule has 0 rings (SSSR count). The fourth-order valence-corrected chi connectivity index (χ4v) is 2.48. The van der Waals surface area contributed by atoms with Crippen LogP contribution in [0.25, 0.3) is 0 Å². The molecule has 0 unspecified atom stereocenters. The van der Waals surface area contributed by atoms with Gasteiger partial charge in [0.2, 0.25) is 0 Å². The summed E-state index contributed by atoms with van der Waals surface area (Å²) in [5.41, 5.74) is 0.489. The zero-order valence-corrected chi connectivity index (χ0v) is 11.4. The van der Waals surface area contributed by atoms with Gasteiger partial charge in [-0.3, -0.25) is 0 Å². The Bertz CT molecular complexity index is 132. The lowest BCUT2D eigenvalue weighted by atomic mass is 9.72. The summed E-state index contributed by atoms with van der Waals surface area (Å²) in [6, 6.07) is 0. The fraction of sp³-hybridized carbons (Fsp3) is 1.00. The molecule has 0 fully saturated rings. The van der Waals surface area contributed by atoms with E-state index < -0.39 is 0 Å². The summed E-state index contributed by atoms with van der Waals surface area (Å²) in [5, 5.41) is 0. The van der Waals surface area contributed by atoms with Gasteiger partial charge < -0.3 is 4.74 Å². The van der Waals surface area contributed by atoms with Gasteiger partial charge in [0.05, 0.1) is 0 Å². The molecule has 0 bridgehead atoms. The molecule has 1 atom stereocenters. The molecule has 0 aliphatic carbocycles. The SMILES string of the molecule is CCCC[C@@H](CCOC)C(C)(C)CCC. The molecule has 0 saturated heterocycles. The molecule has 0 aromatic heterocycles. The van der Waals surface area contributed by atoms with Gasteiger partial charge in [0, 0.05) is 13.7 Å². The molecule has 0 aromatic carbocycles. The molecule has 0 N–H and O–H groups in total. The van der Waals surface area contributed by atoms with Crippen LogP contribution in [0.15, 0.2) is 0 Å². The third kappa shape index (κ3) is 6.19. The van der Waals surface area contributed by atoms with Gasteiger partial charge in [0.1, 0.15) is 0 Å². The van der Waals surface area contributed by atoms with Crippen LogP contribution in [-0.2, 0) is 4.74 Å². The molecular weight excluding hydrogens is 184 g/mol. The zero-order valence-electron chi connectivity index (χ0n) is 11.4. The minimum absolute atomic E-state index is 0.489. The van der Waals surface area contributed by atoms with E-state index in [0.29, 0.717) is 5.41 Å². The van der Waals surface area contributed by atoms with E-state index >= 15 is 0 Å². The zero-order chi connectivity index (χ0) is 11.7. The Balaban J connectivity index is 4.17. The Morgan fingerprint density at radius 3 is 2.20 bits per heavy atom. The standard InChI is InChI=1S/C14H30O/c1-6-8-9-13(10-12-15-5)14(3,4)11-7-2/h13H,6-12H2,1-5H3/t13-/m0/s1. The van der Waals surface area contributed by atoms with Crippen LogP contribution in [-0.4, -0.2) is 13.7 Å². The third-order valence-corrected chi connectivity index (χ3v) is 3.58. The van der Waals surface area contributed by atoms with Gasteiger partial charge in [-0.25, -0.2) is 0 Å². The summed E-state index contributed by atoms with van der Waals surface area (Å²) < 4.78 is 5.23. The maximum Gasteiger partial charge on any atom is 0.0465 e. The number of methoxy groups -OCH3 is 1. The van der Waals surface area contributed by atoms with Gasteiger partial charge in [0.25, 0.3) is 0 Å². The molecule has 0 amide bonds. The highest BCUT2D eigenvalue weighted by Crippen LogP contribution is 2.37. The Hall–Kier alpha value is -0.0400. The minimum atomic E-state index is 0.489. The minimum Gasteiger partial charge on any atom is -0.385 e. The van der Waals surface area contributed by atoms with Crippen LogP contribution in [0.3, 0.4) is 0 Å². The van der Waals surface area contributed by atoms with Crippen LogP contribution in [0, 0.1) is 11.3 Å². The lowest BCUT2D eigenvalue weighted by Crippen LogP contribution is -2.25. The van der Waals surface area contributed by atoms with Crippen molar-refractivity contribution in [1.29, 1.82) is 0 Å². The van der Waals surface area contributed by atoms with Gasteiger partial charge in [0.15, 0.2) is 0 Å². The number of unbranched alkanes of at least 4 members (excludes halogenated alkanes) is 1. The molecule has 0 spiro atoms. The first-order chi connectivity index (χ1) is 7.08. The summed E-state index contributed by atoms with van der Waals surface area (Å²) in [6.07, 6.45) is 7.90. The number of rotatable bonds is 9. The van der Waals surface area contributed by atoms with Crippen LogP contribution < -0.4 is 0 Å². The van der Waals surface area contributed by atoms with Gasteiger partial charge in [-0.1, -0.05) is 47.0 Å². The molecule has 1 heteroatoms. The highest BCUT2D eigenvalue weighted by molar-refractivity contribution is 4.78. The second-order valence-electron chi connectivity index (χ2n) is 5.36. The average Bonchev–Trinajstić information content (AvgIpc) is 2.17. The molecule has 1 nitrogen and oxygen atoms in total. The fourth-order valence-electron chi connectivity index (χ4n) is 2.48. The molecule has 0 heterocycles. The lowest BCUT2D eigenvalue weighted by Gasteiger charge is -2.34. The van der Waals surface area contributed by atoms with Crippen LogP contribution in [0.1, 0.15) is 66.2 Å². The van der Waals surface area contributed by atoms with Crippen LogP contribution >= 0.6 is 0 Å². The number of ether oxygens (including phenoxy) is 1. The molecule has 92 valence electrons. The van der Waals surface area contributed by atoms with Crippen LogP contribution in [0.5, 0.6) is 0 Å². The highest BCUT2D eigenvalue weighted by atomic mass is 16.5. The topological polar surface area (TPSA) is 9.23 Å². The first kappa shape index (κ1) is 15.0. The van der Waals surface area contributed by atoms with E-state index in [0.717, 1.165) is 12.5 Å². The monoisotopic (exact) mass is 214 g/mol. The van der Waals surface area contributed by atoms with Crippen molar-refractivity contribution >= 4 is 0 Å². The van der Waals surface area contributed by atoms with E-state index in [-0.39, 0.29) is 0 Å². The van der Waals surface area contributed by atoms with Crippen LogP contribution in [0.2, 0.25) is 0 Å². The van der Waals surface area contributed by atoms with Crippen molar-refractivity contribution in [1.82, 2.24) is 0 Å². The first-order valence-electron chi connectivity index (χ1n) is 6.57. The second-order valence-corrected chi connectivity index (χ2v) is 5.36. The van der Waals surface area contributed by atoms with Gasteiger partial charge >= 0.3 is 0 Å². The van der Waals surface area contributed by atoms with Gasteiger partial charge in [-0.2, -0.15) is 0 Å². The largest absolute Gasteiger partial charge is 0.385 e. The Labute approximate surface area is 96.6 Å². The number of hydrogen-bond acceptors (Lipinski definition) is 1. The van der Waals surface area contributed by atoms with Crippen LogP contribution in [0.4, 0.5) is 0 Å². The molecule has 0 aliphatic heterocycles. The third-order valence-electron chi connectivity index (χ3n) is 3.58. The predicted octanol–water partition coefficient (Wildman–Crippen LogP) is 4.66. The first-order valence-corrected chi connectivity index (χ1v) is 6.57. The van der Waals surface area contributed by atoms with E-state index in [9.17, 15) is 0 Å². The molecule has 0 saturated carbocycles. The summed E-state index contributed by atoms with van der Waals surface area (Å²) in [5.74, 6) is 0.831. The maximum atomic E-state index is 5.23. The van der Waals surface area contributed by atoms with Gasteiger partial charge in [-0.15, -0.1) is 0 Å². The van der Waals surface area contributed by atoms with Crippen molar-refractivity contribution < 1.29 is 4.74 Å². The van der Waals surface area contributed by atoms with Crippen molar-refractivity contribution in [2.75, 3.05) is 13.7 Å². The normalized spacial score (nSPS) is 14.2. The van der Waals surface area contributed by atoms with Crippen molar-refractivity contribution in [2.24, 2.45) is 11.3 Å². The van der Waals surface area contributed by atoms with E-state index in [1.54, 1.807) is 0 Å². The summed E-state index contributed by atoms with van der Waals surface area (Å²) >= 11 is 0. The lowest BCUT2D eigenvalue weighted by molar-refractivity contribution is 0.112. The summed E-state index contributed by atoms with van der Waals surface area (Å²) in [6.45, 7) is 10.3. The van der Waals surface area contributed by atoms with Crippen molar-refractivity contribution in [3.63, 3.8) is 0 Å². The van der Waals surface area contributed by atoms with E-state index in [1.165, 1.54) is 38.5 Å². The molecule has 0 aliphatic rings. The van der Waals surface area contributed by atoms with Crippen molar-refractivity contribution in [2.45, 2.75) is 66.2 Å². The smallest absolute Gasteiger partial charge is 0.0465 e. The Kier molecular flexibility index (Phi) is 8.13. The molecule has 0 radical (unpaired) electrons. The summed E-state index contributed by atoms with van der Waals surface area (Å²) in [7, 11) is 1.81. The van der Waals surface area contributed by atoms with Crippen molar-refractivity contribution in [3.8, 4) is 0 Å². The van der Waals surface area contributed by atoms with Gasteiger partial charge in [-0.05, 0) is 30.6 Å². The average molecular weight is 214 g/mol. The Morgan fingerprint density at radius 1 is 1.07 bits per heavy atom. The quantitative estimate of drug-likeness (QED) is 0.542. The van der Waals surface area contributed by atoms with E-state index in [2.05, 4.69) is 27.7 Å². The summed E-state index contributed by atoms with van der Waals surface area (Å²) in [4.78, 5) is 0. The molecule has 0 aromatic rings. The van der Waals surface area contributed by atoms with E-state index in [4.69, 9.17) is 4.74 Å². The molecule has 15 heavy (non-hydrogen) atoms. The second kappa shape index (κ2) is 8.15. The number of hydrogen-bond donors (Lipinski definition) is 0. The van der Waals surface area contributed by atoms with Crippen molar-refractivity contribution in [3.05, 3.63) is 0 Å². The molecular formula is C14H30O. The highest BCUT2D eigenvalue weighted by Gasteiger charge is 2.27. The maximum absolute atomic E-state index is 5.23. The predicted molar refractivity (Wildman–Crippen MR) is 68.2 cm³/mol.